The Labute approximate surface area is 157 Å². The number of ether oxygens (including phenoxy) is 1. The Morgan fingerprint density at radius 1 is 1.26 bits per heavy atom. The lowest BCUT2D eigenvalue weighted by atomic mass is 10.1. The molecular weight excluding hydrogens is 348 g/mol. The molecule has 0 radical (unpaired) electrons. The first-order valence-electron chi connectivity index (χ1n) is 9.06. The quantitative estimate of drug-likeness (QED) is 0.467. The van der Waals surface area contributed by atoms with Crippen LogP contribution in [0.1, 0.15) is 48.7 Å². The second-order valence-corrected chi connectivity index (χ2v) is 6.56. The summed E-state index contributed by atoms with van der Waals surface area (Å²) in [5.74, 6) is -0.501. The van der Waals surface area contributed by atoms with E-state index in [1.165, 1.54) is 0 Å². The van der Waals surface area contributed by atoms with Gasteiger partial charge < -0.3 is 10.1 Å². The molecule has 1 N–H and O–H groups in total. The van der Waals surface area contributed by atoms with Crippen LogP contribution >= 0.6 is 0 Å². The number of hydrogen-bond acceptors (Lipinski definition) is 7. The number of anilines is 1. The Bertz CT molecular complexity index is 846. The lowest BCUT2D eigenvalue weighted by Crippen LogP contribution is -2.20. The van der Waals surface area contributed by atoms with E-state index in [1.54, 1.807) is 6.92 Å². The minimum atomic E-state index is -0.825. The van der Waals surface area contributed by atoms with Gasteiger partial charge in [0.25, 0.3) is 0 Å². The number of benzene rings is 1. The first-order valence-corrected chi connectivity index (χ1v) is 9.06. The van der Waals surface area contributed by atoms with Crippen molar-refractivity contribution in [2.75, 3.05) is 11.9 Å². The largest absolute Gasteiger partial charge is 0.461 e. The molecule has 8 nitrogen and oxygen atoms in total. The van der Waals surface area contributed by atoms with E-state index in [0.717, 1.165) is 31.2 Å². The van der Waals surface area contributed by atoms with Crippen LogP contribution in [0, 0.1) is 17.0 Å². The third-order valence-corrected chi connectivity index (χ3v) is 4.54. The van der Waals surface area contributed by atoms with E-state index in [1.807, 2.05) is 31.2 Å². The van der Waals surface area contributed by atoms with Crippen LogP contribution < -0.4 is 5.32 Å². The van der Waals surface area contributed by atoms with Crippen molar-refractivity contribution in [2.24, 2.45) is 0 Å². The molecule has 1 heterocycles. The van der Waals surface area contributed by atoms with Gasteiger partial charge in [0.1, 0.15) is 0 Å². The summed E-state index contributed by atoms with van der Waals surface area (Å²) in [6, 6.07) is 7.54. The number of hydrogen-bond donors (Lipinski definition) is 1. The molecule has 1 aromatic carbocycles. The van der Waals surface area contributed by atoms with E-state index < -0.39 is 16.6 Å². The number of nitrogens with one attached hydrogen (secondary N) is 1. The first kappa shape index (κ1) is 18.8. The number of nitro groups is 1. The maximum atomic E-state index is 12.4. The molecule has 0 saturated heterocycles. The summed E-state index contributed by atoms with van der Waals surface area (Å²) in [4.78, 5) is 32.0. The Kier molecular flexibility index (Phi) is 5.63. The van der Waals surface area contributed by atoms with Crippen molar-refractivity contribution in [2.45, 2.75) is 45.6 Å². The zero-order chi connectivity index (χ0) is 19.4. The Morgan fingerprint density at radius 3 is 2.52 bits per heavy atom. The molecule has 1 aliphatic carbocycles. The second kappa shape index (κ2) is 8.11. The normalized spacial score (nSPS) is 14.1. The molecule has 142 valence electrons. The van der Waals surface area contributed by atoms with Gasteiger partial charge in [-0.05, 0) is 26.7 Å². The van der Waals surface area contributed by atoms with E-state index in [2.05, 4.69) is 15.3 Å². The van der Waals surface area contributed by atoms with E-state index in [4.69, 9.17) is 4.74 Å². The highest BCUT2D eigenvalue weighted by Crippen LogP contribution is 2.32. The third-order valence-electron chi connectivity index (χ3n) is 4.54. The van der Waals surface area contributed by atoms with E-state index in [0.29, 0.717) is 5.56 Å². The number of rotatable bonds is 6. The molecule has 0 unspecified atom stereocenters. The van der Waals surface area contributed by atoms with Gasteiger partial charge in [-0.25, -0.2) is 14.8 Å². The van der Waals surface area contributed by atoms with Gasteiger partial charge >= 0.3 is 11.7 Å². The van der Waals surface area contributed by atoms with E-state index in [9.17, 15) is 14.9 Å². The van der Waals surface area contributed by atoms with Crippen molar-refractivity contribution < 1.29 is 14.5 Å². The van der Waals surface area contributed by atoms with E-state index >= 15 is 0 Å². The predicted octanol–water partition coefficient (Wildman–Crippen LogP) is 3.89. The highest BCUT2D eigenvalue weighted by molar-refractivity contribution is 5.94. The van der Waals surface area contributed by atoms with Crippen molar-refractivity contribution in [3.8, 4) is 11.4 Å². The molecule has 1 saturated carbocycles. The van der Waals surface area contributed by atoms with Gasteiger partial charge in [-0.3, -0.25) is 10.1 Å². The second-order valence-electron chi connectivity index (χ2n) is 6.56. The molecule has 0 bridgehead atoms. The van der Waals surface area contributed by atoms with Gasteiger partial charge in [-0.15, -0.1) is 0 Å². The maximum Gasteiger partial charge on any atom is 0.364 e. The van der Waals surface area contributed by atoms with Gasteiger partial charge in [0.05, 0.1) is 11.5 Å². The van der Waals surface area contributed by atoms with Crippen LogP contribution in [0.4, 0.5) is 11.5 Å². The number of esters is 1. The van der Waals surface area contributed by atoms with Crippen LogP contribution in [-0.2, 0) is 4.74 Å². The van der Waals surface area contributed by atoms with Crippen LogP contribution in [0.2, 0.25) is 0 Å². The Balaban J connectivity index is 2.13. The first-order chi connectivity index (χ1) is 13.0. The van der Waals surface area contributed by atoms with Gasteiger partial charge in [0.2, 0.25) is 11.5 Å². The SMILES string of the molecule is CCOC(=O)c1nc(-c2ccc(C)cc2)nc(NC2CCCC2)c1[N+](=O)[O-]. The van der Waals surface area contributed by atoms with E-state index in [-0.39, 0.29) is 30.0 Å². The van der Waals surface area contributed by atoms with Crippen LogP contribution in [0.3, 0.4) is 0 Å². The predicted molar refractivity (Wildman–Crippen MR) is 101 cm³/mol. The van der Waals surface area contributed by atoms with Crippen LogP contribution in [0.25, 0.3) is 11.4 Å². The average molecular weight is 370 g/mol. The zero-order valence-corrected chi connectivity index (χ0v) is 15.4. The third kappa shape index (κ3) is 4.21. The number of nitrogens with zero attached hydrogens (tertiary/aromatic N) is 3. The van der Waals surface area contributed by atoms with Gasteiger partial charge in [-0.1, -0.05) is 42.7 Å². The molecular formula is C19H22N4O4. The minimum absolute atomic E-state index is 0.0699. The van der Waals surface area contributed by atoms with Crippen molar-refractivity contribution in [3.63, 3.8) is 0 Å². The highest BCUT2D eigenvalue weighted by Gasteiger charge is 2.32. The number of carbonyl (C=O) groups excluding carboxylic acids is 1. The van der Waals surface area contributed by atoms with Crippen molar-refractivity contribution >= 4 is 17.5 Å². The lowest BCUT2D eigenvalue weighted by molar-refractivity contribution is -0.384. The maximum absolute atomic E-state index is 12.4. The average Bonchev–Trinajstić information content (AvgIpc) is 3.14. The molecule has 0 spiro atoms. The number of carbonyl (C=O) groups is 1. The number of aryl methyl sites for hydroxylation is 1. The molecule has 0 amide bonds. The van der Waals surface area contributed by atoms with Gasteiger partial charge in [0.15, 0.2) is 5.82 Å². The molecule has 8 heteroatoms. The monoisotopic (exact) mass is 370 g/mol. The van der Waals surface area contributed by atoms with Crippen LogP contribution in [-0.4, -0.2) is 33.5 Å². The van der Waals surface area contributed by atoms with Crippen molar-refractivity contribution in [3.05, 3.63) is 45.6 Å². The van der Waals surface area contributed by atoms with Crippen molar-refractivity contribution in [1.82, 2.24) is 9.97 Å². The fourth-order valence-corrected chi connectivity index (χ4v) is 3.17. The summed E-state index contributed by atoms with van der Waals surface area (Å²) < 4.78 is 4.99. The summed E-state index contributed by atoms with van der Waals surface area (Å²) in [7, 11) is 0. The summed E-state index contributed by atoms with van der Waals surface area (Å²) >= 11 is 0. The fourth-order valence-electron chi connectivity index (χ4n) is 3.17. The smallest absolute Gasteiger partial charge is 0.364 e. The van der Waals surface area contributed by atoms with Gasteiger partial charge in [-0.2, -0.15) is 0 Å². The van der Waals surface area contributed by atoms with Crippen LogP contribution in [0.15, 0.2) is 24.3 Å². The topological polar surface area (TPSA) is 107 Å². The van der Waals surface area contributed by atoms with Crippen molar-refractivity contribution in [1.29, 1.82) is 0 Å². The minimum Gasteiger partial charge on any atom is -0.461 e. The molecule has 0 aliphatic heterocycles. The molecule has 2 aromatic rings. The Morgan fingerprint density at radius 2 is 1.93 bits per heavy atom. The van der Waals surface area contributed by atoms with Gasteiger partial charge in [0, 0.05) is 11.6 Å². The Hall–Kier alpha value is -3.03. The number of aromatic nitrogens is 2. The molecule has 3 rings (SSSR count). The summed E-state index contributed by atoms with van der Waals surface area (Å²) in [6.07, 6.45) is 3.95. The summed E-state index contributed by atoms with van der Waals surface area (Å²) in [5, 5.41) is 14.8. The van der Waals surface area contributed by atoms with Crippen LogP contribution in [0.5, 0.6) is 0 Å². The highest BCUT2D eigenvalue weighted by atomic mass is 16.6. The summed E-state index contributed by atoms with van der Waals surface area (Å²) in [5.41, 5.74) is 0.982. The standard InChI is InChI=1S/C19H22N4O4/c1-3-27-19(24)15-16(23(25)26)18(20-14-6-4-5-7-14)22-17(21-15)13-10-8-12(2)9-11-13/h8-11,14H,3-7H2,1-2H3,(H,20,21,22). The molecule has 1 fully saturated rings. The molecule has 27 heavy (non-hydrogen) atoms. The summed E-state index contributed by atoms with van der Waals surface area (Å²) in [6.45, 7) is 3.70. The molecule has 0 atom stereocenters. The molecule has 1 aromatic heterocycles. The fraction of sp³-hybridized carbons (Fsp3) is 0.421. The molecule has 1 aliphatic rings. The zero-order valence-electron chi connectivity index (χ0n) is 15.4. The lowest BCUT2D eigenvalue weighted by Gasteiger charge is -2.15.